The minimum Gasteiger partial charge on any atom is -0.488 e. The first-order valence-corrected chi connectivity index (χ1v) is 8.13. The first-order chi connectivity index (χ1) is 12.0. The van der Waals surface area contributed by atoms with Crippen LogP contribution in [0.15, 0.2) is 48.0 Å². The van der Waals surface area contributed by atoms with Crippen LogP contribution in [0.1, 0.15) is 5.56 Å². The van der Waals surface area contributed by atoms with Gasteiger partial charge in [0.2, 0.25) is 0 Å². The maximum Gasteiger partial charge on any atom is 0.338 e. The predicted octanol–water partition coefficient (Wildman–Crippen LogP) is 3.95. The Morgan fingerprint density at radius 2 is 1.92 bits per heavy atom. The number of hydrogen-bond acceptors (Lipinski definition) is 4. The summed E-state index contributed by atoms with van der Waals surface area (Å²) in [6.07, 6.45) is 1.69. The molecule has 0 unspecified atom stereocenters. The van der Waals surface area contributed by atoms with Crippen LogP contribution >= 0.6 is 23.2 Å². The van der Waals surface area contributed by atoms with Gasteiger partial charge >= 0.3 is 5.97 Å². The van der Waals surface area contributed by atoms with E-state index in [1.54, 1.807) is 18.2 Å². The van der Waals surface area contributed by atoms with Gasteiger partial charge < -0.3 is 14.8 Å². The number of carbonyl (C=O) groups is 2. The number of para-hydroxylation sites is 1. The molecule has 128 valence electrons. The Hall–Kier alpha value is -2.50. The summed E-state index contributed by atoms with van der Waals surface area (Å²) in [5.74, 6) is -0.375. The van der Waals surface area contributed by atoms with Crippen LogP contribution in [-0.4, -0.2) is 25.1 Å². The van der Waals surface area contributed by atoms with Gasteiger partial charge in [-0.05, 0) is 30.3 Å². The molecule has 1 aliphatic rings. The number of anilines is 1. The Bertz CT molecular complexity index is 864. The Morgan fingerprint density at radius 3 is 2.72 bits per heavy atom. The fraction of sp³-hybridized carbons (Fsp3) is 0.111. The van der Waals surface area contributed by atoms with Crippen molar-refractivity contribution >= 4 is 46.8 Å². The molecule has 0 atom stereocenters. The van der Waals surface area contributed by atoms with Crippen LogP contribution in [0.5, 0.6) is 5.75 Å². The lowest BCUT2D eigenvalue weighted by molar-refractivity contribution is -0.143. The van der Waals surface area contributed by atoms with E-state index >= 15 is 0 Å². The van der Waals surface area contributed by atoms with Gasteiger partial charge in [0.05, 0.1) is 15.6 Å². The number of esters is 1. The summed E-state index contributed by atoms with van der Waals surface area (Å²) in [6.45, 7) is -0.317. The van der Waals surface area contributed by atoms with Crippen LogP contribution in [0.3, 0.4) is 0 Å². The van der Waals surface area contributed by atoms with Gasteiger partial charge in [0.15, 0.2) is 6.61 Å². The quantitative estimate of drug-likeness (QED) is 0.819. The lowest BCUT2D eigenvalue weighted by atomic mass is 10.1. The number of nitrogens with one attached hydrogen (secondary N) is 1. The van der Waals surface area contributed by atoms with Gasteiger partial charge in [-0.15, -0.1) is 0 Å². The molecule has 0 fully saturated rings. The van der Waals surface area contributed by atoms with Gasteiger partial charge in [-0.25, -0.2) is 4.79 Å². The summed E-state index contributed by atoms with van der Waals surface area (Å²) < 4.78 is 10.5. The lowest BCUT2D eigenvalue weighted by Crippen LogP contribution is -2.23. The van der Waals surface area contributed by atoms with Crippen molar-refractivity contribution in [3.05, 3.63) is 63.6 Å². The molecule has 0 radical (unpaired) electrons. The molecule has 0 saturated carbocycles. The zero-order valence-electron chi connectivity index (χ0n) is 12.9. The Kier molecular flexibility index (Phi) is 5.26. The molecule has 25 heavy (non-hydrogen) atoms. The summed E-state index contributed by atoms with van der Waals surface area (Å²) in [4.78, 5) is 24.0. The fourth-order valence-electron chi connectivity index (χ4n) is 2.23. The second kappa shape index (κ2) is 7.59. The molecular formula is C18H13Cl2NO4. The minimum absolute atomic E-state index is 0.101. The average molecular weight is 378 g/mol. The molecule has 3 rings (SSSR count). The average Bonchev–Trinajstić information content (AvgIpc) is 2.62. The van der Waals surface area contributed by atoms with Gasteiger partial charge in [-0.2, -0.15) is 0 Å². The molecular weight excluding hydrogens is 365 g/mol. The number of benzene rings is 2. The van der Waals surface area contributed by atoms with Crippen LogP contribution in [0, 0.1) is 0 Å². The monoisotopic (exact) mass is 377 g/mol. The molecule has 0 spiro atoms. The van der Waals surface area contributed by atoms with E-state index in [2.05, 4.69) is 5.32 Å². The van der Waals surface area contributed by atoms with Gasteiger partial charge in [-0.3, -0.25) is 4.79 Å². The molecule has 5 nitrogen and oxygen atoms in total. The molecule has 1 amide bonds. The van der Waals surface area contributed by atoms with Crippen LogP contribution in [0.25, 0.3) is 6.08 Å². The van der Waals surface area contributed by atoms with E-state index in [1.807, 2.05) is 24.3 Å². The van der Waals surface area contributed by atoms with Crippen molar-refractivity contribution < 1.29 is 19.1 Å². The van der Waals surface area contributed by atoms with Crippen molar-refractivity contribution in [1.29, 1.82) is 0 Å². The molecule has 0 bridgehead atoms. The second-order valence-corrected chi connectivity index (χ2v) is 6.06. The molecule has 1 heterocycles. The summed E-state index contributed by atoms with van der Waals surface area (Å²) in [7, 11) is 0. The third-order valence-corrected chi connectivity index (χ3v) is 4.17. The van der Waals surface area contributed by atoms with Crippen LogP contribution in [0.4, 0.5) is 5.69 Å². The topological polar surface area (TPSA) is 64.6 Å². The van der Waals surface area contributed by atoms with Crippen molar-refractivity contribution in [1.82, 2.24) is 0 Å². The Labute approximate surface area is 154 Å². The number of rotatable bonds is 4. The van der Waals surface area contributed by atoms with Crippen LogP contribution in [-0.2, 0) is 14.3 Å². The Balaban J connectivity index is 1.56. The van der Waals surface area contributed by atoms with Gasteiger partial charge in [0, 0.05) is 11.3 Å². The summed E-state index contributed by atoms with van der Waals surface area (Å²) in [5, 5.41) is 3.28. The number of ether oxygens (including phenoxy) is 2. The normalized spacial score (nSPS) is 12.5. The fourth-order valence-corrected chi connectivity index (χ4v) is 2.53. The molecule has 0 aromatic heterocycles. The third kappa shape index (κ3) is 4.32. The largest absolute Gasteiger partial charge is 0.488 e. The highest BCUT2D eigenvalue weighted by atomic mass is 35.5. The molecule has 2 aromatic rings. The van der Waals surface area contributed by atoms with Crippen LogP contribution < -0.4 is 10.1 Å². The van der Waals surface area contributed by atoms with Gasteiger partial charge in [-0.1, -0.05) is 41.4 Å². The van der Waals surface area contributed by atoms with Crippen molar-refractivity contribution in [2.45, 2.75) is 0 Å². The van der Waals surface area contributed by atoms with E-state index in [1.165, 1.54) is 6.07 Å². The standard InChI is InChI=1S/C18H13Cl2NO4/c19-14-6-5-13(8-15(14)20)21-17(22)10-25-18(23)12-7-11-3-1-2-4-16(11)24-9-12/h1-8H,9-10H2,(H,21,22). The summed E-state index contributed by atoms with van der Waals surface area (Å²) in [5.41, 5.74) is 1.60. The molecule has 2 aromatic carbocycles. The smallest absolute Gasteiger partial charge is 0.338 e. The highest BCUT2D eigenvalue weighted by Crippen LogP contribution is 2.26. The van der Waals surface area contributed by atoms with E-state index in [-0.39, 0.29) is 6.61 Å². The molecule has 0 aliphatic carbocycles. The number of carbonyl (C=O) groups excluding carboxylic acids is 2. The lowest BCUT2D eigenvalue weighted by Gasteiger charge is -2.16. The zero-order chi connectivity index (χ0) is 17.8. The number of halogens is 2. The van der Waals surface area contributed by atoms with Gasteiger partial charge in [0.25, 0.3) is 5.91 Å². The third-order valence-electron chi connectivity index (χ3n) is 3.43. The Morgan fingerprint density at radius 1 is 1.12 bits per heavy atom. The van der Waals surface area contributed by atoms with Crippen molar-refractivity contribution in [2.24, 2.45) is 0 Å². The molecule has 1 N–H and O–H groups in total. The summed E-state index contributed by atoms with van der Waals surface area (Å²) in [6, 6.07) is 12.0. The highest BCUT2D eigenvalue weighted by Gasteiger charge is 2.19. The molecule has 7 heteroatoms. The number of amides is 1. The first-order valence-electron chi connectivity index (χ1n) is 7.37. The maximum absolute atomic E-state index is 12.1. The second-order valence-electron chi connectivity index (χ2n) is 5.25. The van der Waals surface area contributed by atoms with E-state index in [9.17, 15) is 9.59 Å². The van der Waals surface area contributed by atoms with E-state index in [0.29, 0.717) is 27.1 Å². The molecule has 1 aliphatic heterocycles. The first kappa shape index (κ1) is 17.3. The highest BCUT2D eigenvalue weighted by molar-refractivity contribution is 6.42. The predicted molar refractivity (Wildman–Crippen MR) is 96.0 cm³/mol. The number of hydrogen-bond donors (Lipinski definition) is 1. The van der Waals surface area contributed by atoms with Gasteiger partial charge in [0.1, 0.15) is 12.4 Å². The minimum atomic E-state index is -0.598. The SMILES string of the molecule is O=C(COC(=O)C1=Cc2ccccc2OC1)Nc1ccc(Cl)c(Cl)c1. The van der Waals surface area contributed by atoms with Crippen molar-refractivity contribution in [3.8, 4) is 5.75 Å². The van der Waals surface area contributed by atoms with E-state index in [4.69, 9.17) is 32.7 Å². The maximum atomic E-state index is 12.1. The van der Waals surface area contributed by atoms with Crippen LogP contribution in [0.2, 0.25) is 10.0 Å². The van der Waals surface area contributed by atoms with E-state index < -0.39 is 18.5 Å². The molecule has 0 saturated heterocycles. The van der Waals surface area contributed by atoms with Crippen molar-refractivity contribution in [2.75, 3.05) is 18.5 Å². The number of fused-ring (bicyclic) bond motifs is 1. The zero-order valence-corrected chi connectivity index (χ0v) is 14.4. The van der Waals surface area contributed by atoms with Crippen molar-refractivity contribution in [3.63, 3.8) is 0 Å². The summed E-state index contributed by atoms with van der Waals surface area (Å²) >= 11 is 11.7. The van der Waals surface area contributed by atoms with E-state index in [0.717, 1.165) is 5.56 Å².